The van der Waals surface area contributed by atoms with Crippen LogP contribution in [0.3, 0.4) is 0 Å². The molecular formula is C38H36BrF5N6O4S. The minimum atomic E-state index is -5.41. The summed E-state index contributed by atoms with van der Waals surface area (Å²) in [5.41, 5.74) is 1.14. The number of aromatic nitrogens is 4. The molecule has 0 spiro atoms. The van der Waals surface area contributed by atoms with E-state index in [9.17, 15) is 32.4 Å². The van der Waals surface area contributed by atoms with Gasteiger partial charge in [0.1, 0.15) is 23.9 Å². The largest absolute Gasteiger partial charge is 1.00 e. The van der Waals surface area contributed by atoms with E-state index in [0.29, 0.717) is 45.8 Å². The third-order valence-corrected chi connectivity index (χ3v) is 9.33. The number of thiazole rings is 1. The van der Waals surface area contributed by atoms with Gasteiger partial charge in [-0.2, -0.15) is 18.4 Å². The molecule has 0 aliphatic rings. The van der Waals surface area contributed by atoms with E-state index in [2.05, 4.69) is 16.5 Å². The van der Waals surface area contributed by atoms with Crippen LogP contribution in [-0.2, 0) is 33.0 Å². The Labute approximate surface area is 328 Å². The molecule has 5 rings (SSSR count). The number of carbonyl (C=O) groups excluding carboxylic acids is 2. The maximum Gasteiger partial charge on any atom is 0.490 e. The summed E-state index contributed by atoms with van der Waals surface area (Å²) >= 11 is 1.24. The zero-order valence-corrected chi connectivity index (χ0v) is 32.5. The first-order valence-corrected chi connectivity index (χ1v) is 17.7. The van der Waals surface area contributed by atoms with Crippen LogP contribution in [0, 0.1) is 36.8 Å². The fourth-order valence-corrected chi connectivity index (χ4v) is 6.74. The molecule has 0 fully saturated rings. The van der Waals surface area contributed by atoms with Crippen LogP contribution in [0.2, 0.25) is 0 Å². The fraction of sp³-hybridized carbons (Fsp3) is 0.316. The molecule has 0 saturated heterocycles. The van der Waals surface area contributed by atoms with E-state index in [1.165, 1.54) is 29.3 Å². The van der Waals surface area contributed by atoms with E-state index < -0.39 is 47.5 Å². The number of hydrogen-bond donors (Lipinski definition) is 1. The maximum absolute atomic E-state index is 15.3. The van der Waals surface area contributed by atoms with Crippen molar-refractivity contribution < 1.29 is 62.6 Å². The average Bonchev–Trinajstić information content (AvgIpc) is 3.76. The molecule has 5 aromatic rings. The summed E-state index contributed by atoms with van der Waals surface area (Å²) in [7, 11) is 0. The Kier molecular flexibility index (Phi) is 14.0. The Morgan fingerprint density at radius 2 is 1.73 bits per heavy atom. The Bertz CT molecular complexity index is 2180. The summed E-state index contributed by atoms with van der Waals surface area (Å²) < 4.78 is 83.6. The van der Waals surface area contributed by atoms with Crippen LogP contribution >= 0.6 is 11.3 Å². The van der Waals surface area contributed by atoms with Gasteiger partial charge in [0.25, 0.3) is 0 Å². The predicted octanol–water partition coefficient (Wildman–Crippen LogP) is 4.10. The second kappa shape index (κ2) is 18.1. The van der Waals surface area contributed by atoms with Crippen molar-refractivity contribution in [3.8, 4) is 33.9 Å². The minimum Gasteiger partial charge on any atom is -1.00 e. The van der Waals surface area contributed by atoms with E-state index in [-0.39, 0.29) is 42.3 Å². The third kappa shape index (κ3) is 10.2. The Hall–Kier alpha value is -5.05. The van der Waals surface area contributed by atoms with Gasteiger partial charge in [0.2, 0.25) is 6.33 Å². The van der Waals surface area contributed by atoms with Gasteiger partial charge < -0.3 is 31.8 Å². The first kappa shape index (κ1) is 42.7. The SMILES string of the molecule is CCCNCC(=O)Oc1c(C)cc(C[n+]2cn(CC(CC)(OC(=O)C(F)(F)F)c3ccc(F)cc3F)nc2-c2nc(-c3ccc(C#N)cc3)cs2)cc1C.[Br-]. The average molecular weight is 848 g/mol. The molecule has 0 saturated carbocycles. The highest BCUT2D eigenvalue weighted by atomic mass is 79.9. The van der Waals surface area contributed by atoms with Crippen LogP contribution in [0.5, 0.6) is 5.75 Å². The number of alkyl halides is 3. The van der Waals surface area contributed by atoms with Crippen molar-refractivity contribution >= 4 is 23.3 Å². The van der Waals surface area contributed by atoms with Gasteiger partial charge >= 0.3 is 23.9 Å². The lowest BCUT2D eigenvalue weighted by molar-refractivity contribution is -0.678. The molecule has 1 N–H and O–H groups in total. The van der Waals surface area contributed by atoms with Crippen molar-refractivity contribution in [2.45, 2.75) is 65.4 Å². The van der Waals surface area contributed by atoms with Gasteiger partial charge in [0.05, 0.1) is 30.4 Å². The van der Waals surface area contributed by atoms with E-state index in [1.807, 2.05) is 19.1 Å². The number of aryl methyl sites for hydroxylation is 2. The monoisotopic (exact) mass is 846 g/mol. The summed E-state index contributed by atoms with van der Waals surface area (Å²) in [6.45, 7) is 7.26. The van der Waals surface area contributed by atoms with Crippen molar-refractivity contribution in [1.82, 2.24) is 20.1 Å². The van der Waals surface area contributed by atoms with Crippen LogP contribution in [0.4, 0.5) is 22.0 Å². The van der Waals surface area contributed by atoms with Crippen LogP contribution < -0.4 is 31.6 Å². The molecule has 10 nitrogen and oxygen atoms in total. The van der Waals surface area contributed by atoms with Crippen molar-refractivity contribution in [2.24, 2.45) is 0 Å². The summed E-state index contributed by atoms with van der Waals surface area (Å²) in [6.07, 6.45) is -3.41. The standard InChI is InChI=1S/C38H36F5N6O4S.BrH/c1-5-13-45-18-32(50)52-33-23(3)14-26(15-24(33)4)19-48-22-49(47-34(48)35-46-31(20-54-35)27-9-7-25(17-44)8-10-27)21-37(6-2,53-36(51)38(41,42)43)29-12-11-28(39)16-30(29)40;/h7-12,14-16,20,22,45H,5-6,13,18-19,21H2,1-4H3;1H/q+1;/p-1. The zero-order chi connectivity index (χ0) is 39.2. The first-order chi connectivity index (χ1) is 25.7. The molecule has 1 unspecified atom stereocenters. The number of halogens is 6. The smallest absolute Gasteiger partial charge is 0.490 e. The summed E-state index contributed by atoms with van der Waals surface area (Å²) in [5, 5.41) is 19.1. The van der Waals surface area contributed by atoms with Gasteiger partial charge in [0, 0.05) is 27.7 Å². The molecule has 1 atom stereocenters. The second-order valence-corrected chi connectivity index (χ2v) is 13.4. The molecule has 0 radical (unpaired) electrons. The molecule has 3 aromatic carbocycles. The lowest BCUT2D eigenvalue weighted by Crippen LogP contribution is -3.00. The first-order valence-electron chi connectivity index (χ1n) is 16.9. The highest BCUT2D eigenvalue weighted by Crippen LogP contribution is 2.37. The van der Waals surface area contributed by atoms with Crippen molar-refractivity contribution in [2.75, 3.05) is 13.1 Å². The molecule has 55 heavy (non-hydrogen) atoms. The summed E-state index contributed by atoms with van der Waals surface area (Å²) in [6, 6.07) is 14.8. The molecule has 0 aliphatic carbocycles. The van der Waals surface area contributed by atoms with E-state index >= 15 is 4.39 Å². The quantitative estimate of drug-likeness (QED) is 0.0584. The van der Waals surface area contributed by atoms with Crippen LogP contribution in [0.25, 0.3) is 22.1 Å². The molecule has 2 heterocycles. The molecule has 0 bridgehead atoms. The van der Waals surface area contributed by atoms with Crippen molar-refractivity contribution in [1.29, 1.82) is 5.26 Å². The van der Waals surface area contributed by atoms with Crippen LogP contribution in [0.1, 0.15) is 54.5 Å². The number of carbonyl (C=O) groups is 2. The zero-order valence-electron chi connectivity index (χ0n) is 30.1. The normalized spacial score (nSPS) is 12.4. The number of hydrogen-bond acceptors (Lipinski definition) is 9. The van der Waals surface area contributed by atoms with Gasteiger partial charge in [-0.15, -0.1) is 16.0 Å². The predicted molar refractivity (Wildman–Crippen MR) is 188 cm³/mol. The summed E-state index contributed by atoms with van der Waals surface area (Å²) in [5.74, 6) is -4.47. The second-order valence-electron chi connectivity index (χ2n) is 12.6. The number of ether oxygens (including phenoxy) is 2. The maximum atomic E-state index is 15.3. The Morgan fingerprint density at radius 1 is 1.04 bits per heavy atom. The molecule has 0 aliphatic heterocycles. The molecule has 290 valence electrons. The Balaban J connectivity index is 0.00000673. The third-order valence-electron chi connectivity index (χ3n) is 8.49. The van der Waals surface area contributed by atoms with Crippen LogP contribution in [-0.4, -0.2) is 46.0 Å². The van der Waals surface area contributed by atoms with Crippen molar-refractivity contribution in [3.63, 3.8) is 0 Å². The summed E-state index contributed by atoms with van der Waals surface area (Å²) in [4.78, 5) is 29.5. The van der Waals surface area contributed by atoms with Crippen molar-refractivity contribution in [3.05, 3.63) is 106 Å². The number of rotatable bonds is 14. The van der Waals surface area contributed by atoms with E-state index in [1.54, 1.807) is 48.1 Å². The van der Waals surface area contributed by atoms with E-state index in [4.69, 9.17) is 14.5 Å². The number of nitriles is 1. The minimum absolute atomic E-state index is 0. The lowest BCUT2D eigenvalue weighted by Gasteiger charge is -2.31. The van der Waals surface area contributed by atoms with Crippen LogP contribution in [0.15, 0.2) is 66.3 Å². The number of nitrogens with one attached hydrogen (secondary N) is 1. The highest BCUT2D eigenvalue weighted by Gasteiger charge is 2.49. The topological polar surface area (TPSA) is 123 Å². The number of benzene rings is 3. The number of nitrogens with zero attached hydrogens (tertiary/aromatic N) is 5. The number of esters is 2. The fourth-order valence-electron chi connectivity index (χ4n) is 5.91. The molecule has 0 amide bonds. The highest BCUT2D eigenvalue weighted by molar-refractivity contribution is 7.13. The Morgan fingerprint density at radius 3 is 2.33 bits per heavy atom. The van der Waals surface area contributed by atoms with Gasteiger partial charge in [-0.05, 0) is 86.3 Å². The lowest BCUT2D eigenvalue weighted by atomic mass is 9.90. The van der Waals surface area contributed by atoms with Gasteiger partial charge in [-0.1, -0.05) is 26.0 Å². The molecule has 17 heteroatoms. The van der Waals surface area contributed by atoms with E-state index in [0.717, 1.165) is 29.7 Å². The van der Waals surface area contributed by atoms with Gasteiger partial charge in [-0.25, -0.2) is 23.1 Å². The van der Waals surface area contributed by atoms with Gasteiger partial charge in [-0.3, -0.25) is 4.79 Å². The molecular weight excluding hydrogens is 811 g/mol. The molecule has 2 aromatic heterocycles. The van der Waals surface area contributed by atoms with Gasteiger partial charge in [0.15, 0.2) is 10.6 Å².